The lowest BCUT2D eigenvalue weighted by atomic mass is 10.1. The molecule has 0 atom stereocenters. The highest BCUT2D eigenvalue weighted by Gasteiger charge is 2.07. The smallest absolute Gasteiger partial charge is 0.308 e. The topological polar surface area (TPSA) is 41.1 Å². The van der Waals surface area contributed by atoms with E-state index in [0.717, 1.165) is 33.6 Å². The van der Waals surface area contributed by atoms with Crippen molar-refractivity contribution in [3.63, 3.8) is 0 Å². The number of hydrogen-bond donors (Lipinski definition) is 2. The molecule has 0 saturated heterocycles. The summed E-state index contributed by atoms with van der Waals surface area (Å²) in [6, 6.07) is 23.7. The van der Waals surface area contributed by atoms with Gasteiger partial charge < -0.3 is 10.6 Å². The number of anilines is 2. The predicted octanol–water partition coefficient (Wildman–Crippen LogP) is 5.61. The van der Waals surface area contributed by atoms with E-state index in [0.29, 0.717) is 0 Å². The fraction of sp³-hybridized carbons (Fsp3) is 0.0952. The van der Waals surface area contributed by atoms with Crippen molar-refractivity contribution in [3.8, 4) is 11.1 Å². The van der Waals surface area contributed by atoms with Crippen molar-refractivity contribution in [2.45, 2.75) is 13.8 Å². The Morgan fingerprint density at radius 2 is 1.25 bits per heavy atom. The molecule has 3 aromatic carbocycles. The van der Waals surface area contributed by atoms with E-state index < -0.39 is 0 Å². The second-order valence-corrected chi connectivity index (χ2v) is 5.79. The summed E-state index contributed by atoms with van der Waals surface area (Å²) in [4.78, 5) is 12.2. The number of hydrogen-bond acceptors (Lipinski definition) is 1. The van der Waals surface area contributed by atoms with E-state index >= 15 is 0 Å². The number of rotatable bonds is 3. The summed E-state index contributed by atoms with van der Waals surface area (Å²) < 4.78 is 0. The first-order chi connectivity index (χ1) is 11.6. The maximum atomic E-state index is 12.2. The zero-order valence-corrected chi connectivity index (χ0v) is 13.8. The van der Waals surface area contributed by atoms with E-state index in [1.54, 1.807) is 0 Å². The van der Waals surface area contributed by atoms with Crippen LogP contribution in [0.3, 0.4) is 0 Å². The first kappa shape index (κ1) is 15.8. The molecule has 3 nitrogen and oxygen atoms in total. The average molecular weight is 316 g/mol. The molecule has 0 aliphatic heterocycles. The summed E-state index contributed by atoms with van der Waals surface area (Å²) in [6.07, 6.45) is 0. The SMILES string of the molecule is Cc1cccc(C)c1NC(=O)Nc1ccc(-c2ccccc2)cc1. The molecule has 0 radical (unpaired) electrons. The lowest BCUT2D eigenvalue weighted by Crippen LogP contribution is -2.20. The van der Waals surface area contributed by atoms with Gasteiger partial charge in [-0.2, -0.15) is 0 Å². The Bertz CT molecular complexity index is 819. The third-order valence-corrected chi connectivity index (χ3v) is 3.97. The molecule has 2 amide bonds. The lowest BCUT2D eigenvalue weighted by molar-refractivity contribution is 0.262. The minimum atomic E-state index is -0.236. The van der Waals surface area contributed by atoms with Crippen LogP contribution in [0, 0.1) is 13.8 Å². The van der Waals surface area contributed by atoms with E-state index in [2.05, 4.69) is 22.8 Å². The molecule has 0 unspecified atom stereocenters. The Labute approximate surface area is 142 Å². The normalized spacial score (nSPS) is 10.2. The Hall–Kier alpha value is -3.07. The van der Waals surface area contributed by atoms with Gasteiger partial charge in [0.2, 0.25) is 0 Å². The van der Waals surface area contributed by atoms with Crippen LogP contribution >= 0.6 is 0 Å². The van der Waals surface area contributed by atoms with Crippen LogP contribution in [0.5, 0.6) is 0 Å². The number of benzene rings is 3. The van der Waals surface area contributed by atoms with Gasteiger partial charge in [-0.05, 0) is 48.2 Å². The summed E-state index contributed by atoms with van der Waals surface area (Å²) >= 11 is 0. The zero-order valence-electron chi connectivity index (χ0n) is 13.8. The third kappa shape index (κ3) is 3.63. The zero-order chi connectivity index (χ0) is 16.9. The van der Waals surface area contributed by atoms with Crippen molar-refractivity contribution >= 4 is 17.4 Å². The van der Waals surface area contributed by atoms with Gasteiger partial charge in [0, 0.05) is 11.4 Å². The summed E-state index contributed by atoms with van der Waals surface area (Å²) in [5, 5.41) is 5.80. The van der Waals surface area contributed by atoms with Crippen molar-refractivity contribution in [3.05, 3.63) is 83.9 Å². The summed E-state index contributed by atoms with van der Waals surface area (Å²) in [6.45, 7) is 3.97. The second-order valence-electron chi connectivity index (χ2n) is 5.79. The van der Waals surface area contributed by atoms with Crippen molar-refractivity contribution in [1.82, 2.24) is 0 Å². The summed E-state index contributed by atoms with van der Waals surface area (Å²) in [7, 11) is 0. The van der Waals surface area contributed by atoms with Crippen LogP contribution in [0.15, 0.2) is 72.8 Å². The standard InChI is InChI=1S/C21H20N2O/c1-15-7-6-8-16(2)20(15)23-21(24)22-19-13-11-18(12-14-19)17-9-4-3-5-10-17/h3-14H,1-2H3,(H2,22,23,24). The maximum Gasteiger partial charge on any atom is 0.323 e. The number of carbonyl (C=O) groups is 1. The van der Waals surface area contributed by atoms with E-state index in [4.69, 9.17) is 0 Å². The molecular formula is C21H20N2O. The summed E-state index contributed by atoms with van der Waals surface area (Å²) in [5.74, 6) is 0. The molecule has 0 spiro atoms. The molecule has 120 valence electrons. The van der Waals surface area contributed by atoms with E-state index in [1.807, 2.05) is 74.5 Å². The Morgan fingerprint density at radius 1 is 0.667 bits per heavy atom. The highest BCUT2D eigenvalue weighted by Crippen LogP contribution is 2.22. The molecule has 3 rings (SSSR count). The van der Waals surface area contributed by atoms with Gasteiger partial charge in [-0.3, -0.25) is 0 Å². The van der Waals surface area contributed by atoms with Crippen LogP contribution in [0.2, 0.25) is 0 Å². The Morgan fingerprint density at radius 3 is 1.88 bits per heavy atom. The fourth-order valence-electron chi connectivity index (χ4n) is 2.66. The molecule has 0 saturated carbocycles. The third-order valence-electron chi connectivity index (χ3n) is 3.97. The van der Waals surface area contributed by atoms with Crippen LogP contribution in [0.25, 0.3) is 11.1 Å². The monoisotopic (exact) mass is 316 g/mol. The van der Waals surface area contributed by atoms with Crippen LogP contribution < -0.4 is 10.6 Å². The van der Waals surface area contributed by atoms with E-state index in [1.165, 1.54) is 0 Å². The molecular weight excluding hydrogens is 296 g/mol. The van der Waals surface area contributed by atoms with Crippen molar-refractivity contribution in [2.75, 3.05) is 10.6 Å². The predicted molar refractivity (Wildman–Crippen MR) is 100 cm³/mol. The van der Waals surface area contributed by atoms with Gasteiger partial charge in [-0.1, -0.05) is 60.7 Å². The minimum Gasteiger partial charge on any atom is -0.308 e. The molecule has 24 heavy (non-hydrogen) atoms. The summed E-state index contributed by atoms with van der Waals surface area (Å²) in [5.41, 5.74) is 5.99. The van der Waals surface area contributed by atoms with Crippen LogP contribution in [-0.2, 0) is 0 Å². The van der Waals surface area contributed by atoms with Gasteiger partial charge in [0.1, 0.15) is 0 Å². The first-order valence-electron chi connectivity index (χ1n) is 7.93. The number of nitrogens with one attached hydrogen (secondary N) is 2. The Kier molecular flexibility index (Phi) is 4.62. The first-order valence-corrected chi connectivity index (χ1v) is 7.93. The second kappa shape index (κ2) is 7.01. The minimum absolute atomic E-state index is 0.236. The molecule has 3 aromatic rings. The number of amides is 2. The molecule has 0 bridgehead atoms. The Balaban J connectivity index is 1.69. The quantitative estimate of drug-likeness (QED) is 0.647. The van der Waals surface area contributed by atoms with Crippen LogP contribution in [0.4, 0.5) is 16.2 Å². The molecule has 0 heterocycles. The molecule has 3 heteroatoms. The van der Waals surface area contributed by atoms with Crippen molar-refractivity contribution in [1.29, 1.82) is 0 Å². The molecule has 0 aliphatic carbocycles. The molecule has 2 N–H and O–H groups in total. The van der Waals surface area contributed by atoms with Gasteiger partial charge in [0.05, 0.1) is 0 Å². The molecule has 0 fully saturated rings. The van der Waals surface area contributed by atoms with Gasteiger partial charge in [-0.25, -0.2) is 4.79 Å². The average Bonchev–Trinajstić information content (AvgIpc) is 2.60. The molecule has 0 aliphatic rings. The van der Waals surface area contributed by atoms with Crippen LogP contribution in [0.1, 0.15) is 11.1 Å². The highest BCUT2D eigenvalue weighted by molar-refractivity contribution is 6.00. The van der Waals surface area contributed by atoms with Gasteiger partial charge in [-0.15, -0.1) is 0 Å². The highest BCUT2D eigenvalue weighted by atomic mass is 16.2. The maximum absolute atomic E-state index is 12.2. The largest absolute Gasteiger partial charge is 0.323 e. The van der Waals surface area contributed by atoms with Crippen molar-refractivity contribution in [2.24, 2.45) is 0 Å². The van der Waals surface area contributed by atoms with E-state index in [9.17, 15) is 4.79 Å². The fourth-order valence-corrected chi connectivity index (χ4v) is 2.66. The van der Waals surface area contributed by atoms with Gasteiger partial charge in [0.25, 0.3) is 0 Å². The van der Waals surface area contributed by atoms with Gasteiger partial charge in [0.15, 0.2) is 0 Å². The lowest BCUT2D eigenvalue weighted by Gasteiger charge is -2.12. The number of carbonyl (C=O) groups excluding carboxylic acids is 1. The van der Waals surface area contributed by atoms with Gasteiger partial charge >= 0.3 is 6.03 Å². The number of aryl methyl sites for hydroxylation is 2. The molecule has 0 aromatic heterocycles. The number of para-hydroxylation sites is 1. The number of urea groups is 1. The van der Waals surface area contributed by atoms with Crippen LogP contribution in [-0.4, -0.2) is 6.03 Å². The van der Waals surface area contributed by atoms with Crippen molar-refractivity contribution < 1.29 is 4.79 Å². The van der Waals surface area contributed by atoms with E-state index in [-0.39, 0.29) is 6.03 Å².